The molecule has 0 saturated heterocycles. The molecule has 2 aromatic carbocycles. The summed E-state index contributed by atoms with van der Waals surface area (Å²) in [5.74, 6) is -0.491. The molecular formula is C14H11Cl2FO. The number of halogens is 3. The highest BCUT2D eigenvalue weighted by Crippen LogP contribution is 2.32. The fraction of sp³-hybridized carbons (Fsp3) is 0.143. The fourth-order valence-corrected chi connectivity index (χ4v) is 2.22. The summed E-state index contributed by atoms with van der Waals surface area (Å²) in [6.07, 6.45) is -1.13. The van der Waals surface area contributed by atoms with Gasteiger partial charge in [-0.1, -0.05) is 41.4 Å². The zero-order valence-electron chi connectivity index (χ0n) is 9.62. The van der Waals surface area contributed by atoms with Crippen LogP contribution < -0.4 is 0 Å². The van der Waals surface area contributed by atoms with E-state index in [2.05, 4.69) is 0 Å². The van der Waals surface area contributed by atoms with Crippen LogP contribution in [0.2, 0.25) is 10.0 Å². The first-order valence-electron chi connectivity index (χ1n) is 5.38. The fourth-order valence-electron chi connectivity index (χ4n) is 1.77. The van der Waals surface area contributed by atoms with E-state index < -0.39 is 11.9 Å². The van der Waals surface area contributed by atoms with E-state index in [1.54, 1.807) is 43.3 Å². The summed E-state index contributed by atoms with van der Waals surface area (Å²) in [5.41, 5.74) is 1.03. The van der Waals surface area contributed by atoms with Crippen LogP contribution in [0.5, 0.6) is 0 Å². The van der Waals surface area contributed by atoms with Crippen molar-refractivity contribution >= 4 is 23.2 Å². The second-order valence-corrected chi connectivity index (χ2v) is 4.89. The first-order chi connectivity index (χ1) is 8.50. The van der Waals surface area contributed by atoms with Crippen LogP contribution in [0, 0.1) is 12.7 Å². The lowest BCUT2D eigenvalue weighted by Gasteiger charge is -2.15. The van der Waals surface area contributed by atoms with E-state index in [4.69, 9.17) is 23.2 Å². The molecule has 2 rings (SSSR count). The molecule has 1 nitrogen and oxygen atoms in total. The molecule has 0 aromatic heterocycles. The van der Waals surface area contributed by atoms with Gasteiger partial charge in [0, 0.05) is 15.6 Å². The number of aryl methyl sites for hydroxylation is 1. The minimum atomic E-state index is -1.13. The highest BCUT2D eigenvalue weighted by molar-refractivity contribution is 6.31. The van der Waals surface area contributed by atoms with Gasteiger partial charge < -0.3 is 5.11 Å². The van der Waals surface area contributed by atoms with Crippen molar-refractivity contribution in [2.45, 2.75) is 13.0 Å². The Morgan fingerprint density at radius 1 is 1.17 bits per heavy atom. The molecular weight excluding hydrogens is 274 g/mol. The number of rotatable bonds is 2. The smallest absolute Gasteiger partial charge is 0.133 e. The second-order valence-electron chi connectivity index (χ2n) is 4.05. The number of benzene rings is 2. The molecule has 0 saturated carbocycles. The van der Waals surface area contributed by atoms with E-state index in [1.807, 2.05) is 0 Å². The summed E-state index contributed by atoms with van der Waals surface area (Å²) in [6.45, 7) is 1.62. The van der Waals surface area contributed by atoms with E-state index >= 15 is 0 Å². The van der Waals surface area contributed by atoms with Crippen LogP contribution in [0.3, 0.4) is 0 Å². The third-order valence-electron chi connectivity index (χ3n) is 2.76. The minimum absolute atomic E-state index is 0.0823. The molecule has 4 heteroatoms. The minimum Gasteiger partial charge on any atom is -0.383 e. The summed E-state index contributed by atoms with van der Waals surface area (Å²) < 4.78 is 14.0. The van der Waals surface area contributed by atoms with Crippen molar-refractivity contribution in [2.24, 2.45) is 0 Å². The van der Waals surface area contributed by atoms with Gasteiger partial charge in [-0.05, 0) is 36.2 Å². The molecule has 1 N–H and O–H groups in total. The van der Waals surface area contributed by atoms with Crippen molar-refractivity contribution in [3.8, 4) is 0 Å². The molecule has 18 heavy (non-hydrogen) atoms. The van der Waals surface area contributed by atoms with Crippen LogP contribution >= 0.6 is 23.2 Å². The Hall–Kier alpha value is -1.09. The molecule has 1 atom stereocenters. The molecule has 0 aliphatic carbocycles. The number of aliphatic hydroxyl groups is 1. The quantitative estimate of drug-likeness (QED) is 0.860. The number of hydrogen-bond acceptors (Lipinski definition) is 1. The molecule has 0 aliphatic heterocycles. The largest absolute Gasteiger partial charge is 0.383 e. The van der Waals surface area contributed by atoms with Gasteiger partial charge in [0.1, 0.15) is 11.9 Å². The van der Waals surface area contributed by atoms with Crippen molar-refractivity contribution in [3.63, 3.8) is 0 Å². The third-order valence-corrected chi connectivity index (χ3v) is 3.32. The van der Waals surface area contributed by atoms with Crippen molar-refractivity contribution in [3.05, 3.63) is 69.0 Å². The molecule has 0 radical (unpaired) electrons. The predicted octanol–water partition coefficient (Wildman–Crippen LogP) is 4.52. The number of hydrogen-bond donors (Lipinski definition) is 1. The monoisotopic (exact) mass is 284 g/mol. The maximum Gasteiger partial charge on any atom is 0.133 e. The van der Waals surface area contributed by atoms with E-state index in [0.717, 1.165) is 0 Å². The normalized spacial score (nSPS) is 12.5. The maximum absolute atomic E-state index is 14.0. The third kappa shape index (κ3) is 2.51. The van der Waals surface area contributed by atoms with Crippen LogP contribution in [0.1, 0.15) is 22.8 Å². The zero-order valence-corrected chi connectivity index (χ0v) is 11.1. The summed E-state index contributed by atoms with van der Waals surface area (Å²) in [5, 5.41) is 10.9. The zero-order chi connectivity index (χ0) is 13.3. The maximum atomic E-state index is 14.0. The summed E-state index contributed by atoms with van der Waals surface area (Å²) >= 11 is 11.8. The van der Waals surface area contributed by atoms with Crippen molar-refractivity contribution in [1.29, 1.82) is 0 Å². The van der Waals surface area contributed by atoms with Crippen LogP contribution in [0.15, 0.2) is 36.4 Å². The van der Waals surface area contributed by atoms with Crippen LogP contribution in [0.25, 0.3) is 0 Å². The highest BCUT2D eigenvalue weighted by atomic mass is 35.5. The van der Waals surface area contributed by atoms with Crippen molar-refractivity contribution in [2.75, 3.05) is 0 Å². The summed E-state index contributed by atoms with van der Waals surface area (Å²) in [7, 11) is 0. The average molecular weight is 285 g/mol. The van der Waals surface area contributed by atoms with Gasteiger partial charge in [0.15, 0.2) is 0 Å². The predicted molar refractivity (Wildman–Crippen MR) is 71.7 cm³/mol. The van der Waals surface area contributed by atoms with E-state index in [9.17, 15) is 9.50 Å². The second kappa shape index (κ2) is 5.27. The molecule has 1 unspecified atom stereocenters. The van der Waals surface area contributed by atoms with E-state index in [0.29, 0.717) is 16.1 Å². The lowest BCUT2D eigenvalue weighted by atomic mass is 9.99. The average Bonchev–Trinajstić information content (AvgIpc) is 2.34. The van der Waals surface area contributed by atoms with Gasteiger partial charge in [0.05, 0.1) is 0 Å². The molecule has 2 aromatic rings. The topological polar surface area (TPSA) is 20.2 Å². The molecule has 0 aliphatic rings. The van der Waals surface area contributed by atoms with Crippen LogP contribution in [-0.2, 0) is 0 Å². The number of aliphatic hydroxyl groups excluding tert-OH is 1. The molecule has 0 amide bonds. The first-order valence-corrected chi connectivity index (χ1v) is 6.14. The Morgan fingerprint density at radius 3 is 2.56 bits per heavy atom. The van der Waals surface area contributed by atoms with Gasteiger partial charge in [-0.15, -0.1) is 0 Å². The molecule has 94 valence electrons. The van der Waals surface area contributed by atoms with Gasteiger partial charge >= 0.3 is 0 Å². The Kier molecular flexibility index (Phi) is 3.91. The van der Waals surface area contributed by atoms with Crippen LogP contribution in [-0.4, -0.2) is 5.11 Å². The highest BCUT2D eigenvalue weighted by Gasteiger charge is 2.20. The Bertz CT molecular complexity index is 584. The van der Waals surface area contributed by atoms with E-state index in [1.165, 1.54) is 0 Å². The Balaban J connectivity index is 2.52. The SMILES string of the molecule is Cc1ccc(Cl)c(C(O)c2cccc(Cl)c2)c1F. The molecule has 0 fully saturated rings. The van der Waals surface area contributed by atoms with Gasteiger partial charge in [-0.25, -0.2) is 4.39 Å². The van der Waals surface area contributed by atoms with Gasteiger partial charge in [-0.3, -0.25) is 0 Å². The standard InChI is InChI=1S/C14H11Cl2FO/c1-8-5-6-11(16)12(13(8)17)14(18)9-3-2-4-10(15)7-9/h2-7,14,18H,1H3. The summed E-state index contributed by atoms with van der Waals surface area (Å²) in [4.78, 5) is 0. The molecule has 0 heterocycles. The molecule has 0 spiro atoms. The van der Waals surface area contributed by atoms with E-state index in [-0.39, 0.29) is 10.6 Å². The molecule has 0 bridgehead atoms. The van der Waals surface area contributed by atoms with Crippen molar-refractivity contribution < 1.29 is 9.50 Å². The lowest BCUT2D eigenvalue weighted by Crippen LogP contribution is -2.05. The van der Waals surface area contributed by atoms with Crippen molar-refractivity contribution in [1.82, 2.24) is 0 Å². The Labute approximate surface area is 115 Å². The first kappa shape index (κ1) is 13.3. The van der Waals surface area contributed by atoms with Gasteiger partial charge in [0.2, 0.25) is 0 Å². The lowest BCUT2D eigenvalue weighted by molar-refractivity contribution is 0.215. The van der Waals surface area contributed by atoms with Gasteiger partial charge in [0.25, 0.3) is 0 Å². The Morgan fingerprint density at radius 2 is 1.89 bits per heavy atom. The van der Waals surface area contributed by atoms with Gasteiger partial charge in [-0.2, -0.15) is 0 Å². The van der Waals surface area contributed by atoms with Crippen LogP contribution in [0.4, 0.5) is 4.39 Å². The summed E-state index contributed by atoms with van der Waals surface area (Å²) in [6, 6.07) is 9.79.